The second-order valence-corrected chi connectivity index (χ2v) is 11.4. The first kappa shape index (κ1) is 50.2. The van der Waals surface area contributed by atoms with Crippen LogP contribution in [0.1, 0.15) is 62.1 Å². The number of halogens is 1. The number of ether oxygens (including phenoxy) is 10. The van der Waals surface area contributed by atoms with Crippen molar-refractivity contribution < 1.29 is 99.7 Å². The number of alkyl halides is 1. The predicted octanol–water partition coefficient (Wildman–Crippen LogP) is 2.58. The Labute approximate surface area is 351 Å². The van der Waals surface area contributed by atoms with Crippen molar-refractivity contribution in [1.29, 1.82) is 0 Å². The summed E-state index contributed by atoms with van der Waals surface area (Å²) in [4.78, 5) is 122. The van der Waals surface area contributed by atoms with Crippen LogP contribution in [0.4, 0.5) is 4.39 Å². The summed E-state index contributed by atoms with van der Waals surface area (Å²) < 4.78 is 63.8. The Morgan fingerprint density at radius 3 is 0.726 bits per heavy atom. The molecule has 0 aliphatic heterocycles. The van der Waals surface area contributed by atoms with Crippen LogP contribution in [-0.2, 0) is 66.5 Å². The van der Waals surface area contributed by atoms with Crippen LogP contribution in [0.25, 0.3) is 0 Å². The van der Waals surface area contributed by atoms with E-state index in [1.54, 1.807) is 0 Å². The molecule has 0 aliphatic rings. The fourth-order valence-corrected chi connectivity index (χ4v) is 4.18. The highest BCUT2D eigenvalue weighted by molar-refractivity contribution is 6.01. The SMILES string of the molecule is C=CC(=O)OCCOC(=O)c1cc(C(=O)OCCOC(=O)C=C)cc(C(=O)OCC(F)COC(=O)c2cc(C(=O)OCCOC(=O)C=C)cc(C(=O)OCCOC(=O)C=C)c2)c1. The van der Waals surface area contributed by atoms with E-state index in [-0.39, 0.29) is 48.7 Å². The van der Waals surface area contributed by atoms with Crippen LogP contribution >= 0.6 is 0 Å². The molecule has 62 heavy (non-hydrogen) atoms. The van der Waals surface area contributed by atoms with E-state index in [4.69, 9.17) is 47.4 Å². The number of carbonyl (C=O) groups is 10. The molecule has 0 aliphatic carbocycles. The molecule has 0 fully saturated rings. The summed E-state index contributed by atoms with van der Waals surface area (Å²) in [5, 5.41) is 0. The van der Waals surface area contributed by atoms with Gasteiger partial charge in [0.2, 0.25) is 0 Å². The maximum Gasteiger partial charge on any atom is 0.338 e. The van der Waals surface area contributed by atoms with Gasteiger partial charge in [0, 0.05) is 24.3 Å². The zero-order chi connectivity index (χ0) is 46.0. The van der Waals surface area contributed by atoms with E-state index in [1.807, 2.05) is 0 Å². The summed E-state index contributed by atoms with van der Waals surface area (Å²) in [5.74, 6) is -10.1. The van der Waals surface area contributed by atoms with Crippen LogP contribution in [0.2, 0.25) is 0 Å². The highest BCUT2D eigenvalue weighted by Gasteiger charge is 2.23. The maximum absolute atomic E-state index is 15.0. The van der Waals surface area contributed by atoms with Gasteiger partial charge < -0.3 is 47.4 Å². The van der Waals surface area contributed by atoms with E-state index in [2.05, 4.69) is 26.3 Å². The standard InChI is InChI=1S/C41H39FO20/c1-5-32(43)53-9-13-57-36(47)25-17-26(37(48)58-14-10-54-33(44)6-2)20-29(19-25)40(51)61-23-31(42)24-62-41(52)30-21-27(38(49)59-15-11-55-34(45)7-3)18-28(22-30)39(50)60-16-12-56-35(46)8-4/h5-8,17-22,31H,1-4,9-16,23-24H2. The lowest BCUT2D eigenvalue weighted by Gasteiger charge is -2.13. The molecule has 20 nitrogen and oxygen atoms in total. The third-order valence-corrected chi connectivity index (χ3v) is 6.98. The van der Waals surface area contributed by atoms with E-state index in [0.29, 0.717) is 0 Å². The van der Waals surface area contributed by atoms with Crippen molar-refractivity contribution in [3.63, 3.8) is 0 Å². The Hall–Kier alpha value is -7.97. The topological polar surface area (TPSA) is 263 Å². The third kappa shape index (κ3) is 18.3. The summed E-state index contributed by atoms with van der Waals surface area (Å²) >= 11 is 0. The first-order chi connectivity index (χ1) is 29.6. The van der Waals surface area contributed by atoms with Gasteiger partial charge in [-0.3, -0.25) is 0 Å². The highest BCUT2D eigenvalue weighted by atomic mass is 19.1. The van der Waals surface area contributed by atoms with Gasteiger partial charge in [0.15, 0.2) is 6.17 Å². The van der Waals surface area contributed by atoms with Crippen LogP contribution in [-0.4, -0.2) is 132 Å². The van der Waals surface area contributed by atoms with Gasteiger partial charge in [0.25, 0.3) is 0 Å². The Balaban J connectivity index is 2.18. The molecule has 0 saturated heterocycles. The molecule has 330 valence electrons. The minimum Gasteiger partial charge on any atom is -0.459 e. The molecule has 0 unspecified atom stereocenters. The maximum atomic E-state index is 15.0. The Morgan fingerprint density at radius 1 is 0.355 bits per heavy atom. The summed E-state index contributed by atoms with van der Waals surface area (Å²) in [6, 6.07) is 5.76. The average molecular weight is 871 g/mol. The molecule has 21 heteroatoms. The lowest BCUT2D eigenvalue weighted by molar-refractivity contribution is -0.139. The van der Waals surface area contributed by atoms with Crippen LogP contribution in [0.3, 0.4) is 0 Å². The van der Waals surface area contributed by atoms with Crippen molar-refractivity contribution in [3.8, 4) is 0 Å². The van der Waals surface area contributed by atoms with Gasteiger partial charge in [0.1, 0.15) is 66.1 Å². The van der Waals surface area contributed by atoms with E-state index in [9.17, 15) is 52.3 Å². The quantitative estimate of drug-likeness (QED) is 0.0569. The van der Waals surface area contributed by atoms with Crippen LogP contribution in [0.15, 0.2) is 87.0 Å². The Morgan fingerprint density at radius 2 is 0.532 bits per heavy atom. The smallest absolute Gasteiger partial charge is 0.338 e. The van der Waals surface area contributed by atoms with Crippen molar-refractivity contribution in [2.45, 2.75) is 6.17 Å². The zero-order valence-corrected chi connectivity index (χ0v) is 32.8. The normalized spacial score (nSPS) is 10.1. The van der Waals surface area contributed by atoms with Crippen molar-refractivity contribution in [2.24, 2.45) is 0 Å². The largest absolute Gasteiger partial charge is 0.459 e. The van der Waals surface area contributed by atoms with Crippen LogP contribution in [0, 0.1) is 0 Å². The number of rotatable bonds is 26. The lowest BCUT2D eigenvalue weighted by atomic mass is 10.1. The third-order valence-electron chi connectivity index (χ3n) is 6.98. The number of carbonyl (C=O) groups excluding carboxylic acids is 10. The summed E-state index contributed by atoms with van der Waals surface area (Å²) in [5.41, 5.74) is -2.46. The molecule has 0 heterocycles. The van der Waals surface area contributed by atoms with Gasteiger partial charge in [-0.05, 0) is 36.4 Å². The minimum absolute atomic E-state index is 0.363. The predicted molar refractivity (Wildman–Crippen MR) is 204 cm³/mol. The molecular weight excluding hydrogens is 831 g/mol. The molecule has 0 atom stereocenters. The summed E-state index contributed by atoms with van der Waals surface area (Å²) in [6.45, 7) is 7.60. The first-order valence-corrected chi connectivity index (χ1v) is 17.8. The van der Waals surface area contributed by atoms with E-state index >= 15 is 0 Å². The van der Waals surface area contributed by atoms with Gasteiger partial charge in [-0.2, -0.15) is 0 Å². The van der Waals surface area contributed by atoms with Crippen LogP contribution < -0.4 is 0 Å². The fraction of sp³-hybridized carbons (Fsp3) is 0.268. The van der Waals surface area contributed by atoms with E-state index in [1.165, 1.54) is 0 Å². The first-order valence-electron chi connectivity index (χ1n) is 17.8. The monoisotopic (exact) mass is 870 g/mol. The highest BCUT2D eigenvalue weighted by Crippen LogP contribution is 2.17. The minimum atomic E-state index is -2.19. The number of esters is 10. The molecule has 2 aromatic carbocycles. The van der Waals surface area contributed by atoms with Gasteiger partial charge in [-0.25, -0.2) is 52.3 Å². The molecular formula is C41H39FO20. The summed E-state index contributed by atoms with van der Waals surface area (Å²) in [6.07, 6.45) is 1.33. The van der Waals surface area contributed by atoms with Gasteiger partial charge in [0.05, 0.1) is 33.4 Å². The molecule has 0 aromatic heterocycles. The lowest BCUT2D eigenvalue weighted by Crippen LogP contribution is -2.23. The van der Waals surface area contributed by atoms with Gasteiger partial charge >= 0.3 is 59.7 Å². The molecule has 0 amide bonds. The number of benzene rings is 2. The van der Waals surface area contributed by atoms with E-state index in [0.717, 1.165) is 60.7 Å². The molecule has 2 aromatic rings. The van der Waals surface area contributed by atoms with Gasteiger partial charge in [-0.15, -0.1) is 0 Å². The number of hydrogen-bond donors (Lipinski definition) is 0. The van der Waals surface area contributed by atoms with Crippen molar-refractivity contribution >= 4 is 59.7 Å². The second kappa shape index (κ2) is 26.9. The summed E-state index contributed by atoms with van der Waals surface area (Å²) in [7, 11) is 0. The molecule has 0 N–H and O–H groups in total. The van der Waals surface area contributed by atoms with Crippen molar-refractivity contribution in [2.75, 3.05) is 66.1 Å². The van der Waals surface area contributed by atoms with Crippen molar-refractivity contribution in [1.82, 2.24) is 0 Å². The number of hydrogen-bond acceptors (Lipinski definition) is 20. The van der Waals surface area contributed by atoms with E-state index < -0.39 is 117 Å². The fourth-order valence-electron chi connectivity index (χ4n) is 4.18. The zero-order valence-electron chi connectivity index (χ0n) is 32.8. The molecule has 0 spiro atoms. The second-order valence-electron chi connectivity index (χ2n) is 11.4. The van der Waals surface area contributed by atoms with Crippen LogP contribution in [0.5, 0.6) is 0 Å². The molecule has 2 rings (SSSR count). The Kier molecular flexibility index (Phi) is 21.8. The molecule has 0 bridgehead atoms. The van der Waals surface area contributed by atoms with Crippen molar-refractivity contribution in [3.05, 3.63) is 120 Å². The van der Waals surface area contributed by atoms with Gasteiger partial charge in [-0.1, -0.05) is 26.3 Å². The molecule has 0 saturated carbocycles. The average Bonchev–Trinajstić information content (AvgIpc) is 3.28. The molecule has 0 radical (unpaired) electrons. The Bertz CT molecular complexity index is 1790.